The number of rotatable bonds is 1. The van der Waals surface area contributed by atoms with Crippen molar-refractivity contribution in [3.05, 3.63) is 54.4 Å². The predicted octanol–water partition coefficient (Wildman–Crippen LogP) is 2.00. The first-order chi connectivity index (χ1) is 10.3. The molecule has 3 rings (SSSR count). The van der Waals surface area contributed by atoms with Crippen molar-refractivity contribution < 1.29 is 9.59 Å². The Morgan fingerprint density at radius 1 is 1.14 bits per heavy atom. The van der Waals surface area contributed by atoms with E-state index in [0.717, 1.165) is 24.1 Å². The van der Waals surface area contributed by atoms with Crippen LogP contribution < -0.4 is 10.2 Å². The minimum atomic E-state index is -0.639. The van der Waals surface area contributed by atoms with E-state index in [4.69, 9.17) is 0 Å². The summed E-state index contributed by atoms with van der Waals surface area (Å²) in [5.74, 6) is -1.18. The van der Waals surface area contributed by atoms with Gasteiger partial charge in [-0.25, -0.2) is 0 Å². The van der Waals surface area contributed by atoms with Crippen LogP contribution in [0.3, 0.4) is 0 Å². The summed E-state index contributed by atoms with van der Waals surface area (Å²) in [5.41, 5.74) is 2.45. The van der Waals surface area contributed by atoms with Crippen molar-refractivity contribution in [1.82, 2.24) is 4.98 Å². The van der Waals surface area contributed by atoms with Crippen LogP contribution in [-0.4, -0.2) is 23.3 Å². The van der Waals surface area contributed by atoms with Gasteiger partial charge in [0.15, 0.2) is 0 Å². The van der Waals surface area contributed by atoms with Gasteiger partial charge in [0.1, 0.15) is 0 Å². The van der Waals surface area contributed by atoms with Crippen LogP contribution in [0.2, 0.25) is 0 Å². The van der Waals surface area contributed by atoms with Crippen molar-refractivity contribution in [1.29, 1.82) is 0 Å². The second-order valence-electron chi connectivity index (χ2n) is 4.88. The summed E-state index contributed by atoms with van der Waals surface area (Å²) >= 11 is 0. The lowest BCUT2D eigenvalue weighted by atomic mass is 10.0. The number of nitrogens with zero attached hydrogens (tertiary/aromatic N) is 2. The molecule has 0 aliphatic carbocycles. The lowest BCUT2D eigenvalue weighted by Gasteiger charge is -2.28. The predicted molar refractivity (Wildman–Crippen MR) is 80.0 cm³/mol. The number of benzene rings is 1. The number of carbonyl (C=O) groups excluding carboxylic acids is 2. The van der Waals surface area contributed by atoms with Crippen molar-refractivity contribution in [2.75, 3.05) is 16.8 Å². The number of aryl methyl sites for hydroxylation is 1. The minimum absolute atomic E-state index is 0.515. The standard InChI is InChI=1S/C16H15N3O2/c20-15(18-13-7-3-9-17-11-13)16(21)19-10-4-6-12-5-1-2-8-14(12)19/h1-3,5,7-9,11H,4,6,10H2,(H,18,20). The summed E-state index contributed by atoms with van der Waals surface area (Å²) < 4.78 is 0. The molecule has 0 saturated heterocycles. The number of hydrogen-bond donors (Lipinski definition) is 1. The molecule has 1 aliphatic rings. The maximum atomic E-state index is 12.4. The molecule has 1 N–H and O–H groups in total. The Labute approximate surface area is 122 Å². The molecule has 2 amide bonds. The van der Waals surface area contributed by atoms with Gasteiger partial charge in [0, 0.05) is 18.4 Å². The zero-order valence-electron chi connectivity index (χ0n) is 11.5. The van der Waals surface area contributed by atoms with Gasteiger partial charge in [0.2, 0.25) is 0 Å². The molecule has 1 aliphatic heterocycles. The molecule has 106 valence electrons. The van der Waals surface area contributed by atoms with Crippen LogP contribution in [0.1, 0.15) is 12.0 Å². The van der Waals surface area contributed by atoms with Crippen LogP contribution in [0.15, 0.2) is 48.8 Å². The third-order valence-corrected chi connectivity index (χ3v) is 3.47. The smallest absolute Gasteiger partial charge is 0.316 e. The van der Waals surface area contributed by atoms with Gasteiger partial charge in [0.25, 0.3) is 0 Å². The van der Waals surface area contributed by atoms with Gasteiger partial charge in [0.05, 0.1) is 11.9 Å². The van der Waals surface area contributed by atoms with E-state index in [0.29, 0.717) is 12.2 Å². The second-order valence-corrected chi connectivity index (χ2v) is 4.88. The summed E-state index contributed by atoms with van der Waals surface area (Å²) in [7, 11) is 0. The van der Waals surface area contributed by atoms with Gasteiger partial charge in [-0.2, -0.15) is 0 Å². The maximum absolute atomic E-state index is 12.4. The van der Waals surface area contributed by atoms with E-state index >= 15 is 0 Å². The van der Waals surface area contributed by atoms with E-state index in [2.05, 4.69) is 10.3 Å². The molecule has 2 aromatic rings. The highest BCUT2D eigenvalue weighted by Crippen LogP contribution is 2.26. The molecule has 2 heterocycles. The molecule has 0 spiro atoms. The fourth-order valence-electron chi connectivity index (χ4n) is 2.49. The SMILES string of the molecule is O=C(Nc1cccnc1)C(=O)N1CCCc2ccccc21. The van der Waals surface area contributed by atoms with Crippen LogP contribution in [-0.2, 0) is 16.0 Å². The van der Waals surface area contributed by atoms with Gasteiger partial charge in [-0.15, -0.1) is 0 Å². The lowest BCUT2D eigenvalue weighted by molar-refractivity contribution is -0.134. The molecule has 0 unspecified atom stereocenters. The van der Waals surface area contributed by atoms with E-state index in [1.165, 1.54) is 6.20 Å². The average molecular weight is 281 g/mol. The Balaban J connectivity index is 1.78. The number of amides is 2. The van der Waals surface area contributed by atoms with E-state index in [-0.39, 0.29) is 0 Å². The van der Waals surface area contributed by atoms with E-state index in [1.54, 1.807) is 23.2 Å². The molecule has 1 aromatic heterocycles. The number of carbonyl (C=O) groups is 2. The molecular formula is C16H15N3O2. The highest BCUT2D eigenvalue weighted by Gasteiger charge is 2.27. The molecule has 0 fully saturated rings. The van der Waals surface area contributed by atoms with Crippen molar-refractivity contribution in [3.63, 3.8) is 0 Å². The van der Waals surface area contributed by atoms with Crippen molar-refractivity contribution in [3.8, 4) is 0 Å². The second kappa shape index (κ2) is 5.75. The Kier molecular flexibility index (Phi) is 3.64. The van der Waals surface area contributed by atoms with Crippen LogP contribution in [0.4, 0.5) is 11.4 Å². The molecule has 0 atom stereocenters. The van der Waals surface area contributed by atoms with E-state index in [1.807, 2.05) is 24.3 Å². The van der Waals surface area contributed by atoms with E-state index in [9.17, 15) is 9.59 Å². The Bertz CT molecular complexity index is 670. The summed E-state index contributed by atoms with van der Waals surface area (Å²) in [5, 5.41) is 2.58. The molecule has 1 aromatic carbocycles. The molecule has 0 radical (unpaired) electrons. The van der Waals surface area contributed by atoms with Gasteiger partial charge < -0.3 is 10.2 Å². The monoisotopic (exact) mass is 281 g/mol. The van der Waals surface area contributed by atoms with Gasteiger partial charge in [-0.05, 0) is 36.6 Å². The average Bonchev–Trinajstić information content (AvgIpc) is 2.54. The number of anilines is 2. The van der Waals surface area contributed by atoms with Gasteiger partial charge in [-0.1, -0.05) is 18.2 Å². The molecule has 5 nitrogen and oxygen atoms in total. The first kappa shape index (κ1) is 13.3. The first-order valence-electron chi connectivity index (χ1n) is 6.86. The fraction of sp³-hybridized carbons (Fsp3) is 0.188. The van der Waals surface area contributed by atoms with Crippen molar-refractivity contribution >= 4 is 23.2 Å². The molecule has 5 heteroatoms. The van der Waals surface area contributed by atoms with Crippen LogP contribution in [0, 0.1) is 0 Å². The summed E-state index contributed by atoms with van der Waals surface area (Å²) in [6, 6.07) is 11.1. The van der Waals surface area contributed by atoms with Crippen molar-refractivity contribution in [2.45, 2.75) is 12.8 Å². The lowest BCUT2D eigenvalue weighted by Crippen LogP contribution is -2.42. The van der Waals surface area contributed by atoms with Gasteiger partial charge >= 0.3 is 11.8 Å². The quantitative estimate of drug-likeness (QED) is 0.813. The largest absolute Gasteiger partial charge is 0.316 e. The number of hydrogen-bond acceptors (Lipinski definition) is 3. The van der Waals surface area contributed by atoms with Crippen LogP contribution in [0.25, 0.3) is 0 Å². The Morgan fingerprint density at radius 3 is 2.81 bits per heavy atom. The minimum Gasteiger partial charge on any atom is -0.316 e. The summed E-state index contributed by atoms with van der Waals surface area (Å²) in [6.45, 7) is 0.566. The number of pyridine rings is 1. The number of fused-ring (bicyclic) bond motifs is 1. The topological polar surface area (TPSA) is 62.3 Å². The Hall–Kier alpha value is -2.69. The third kappa shape index (κ3) is 2.76. The zero-order chi connectivity index (χ0) is 14.7. The molecule has 0 saturated carbocycles. The zero-order valence-corrected chi connectivity index (χ0v) is 11.5. The summed E-state index contributed by atoms with van der Waals surface area (Å²) in [4.78, 5) is 29.9. The van der Waals surface area contributed by atoms with E-state index < -0.39 is 11.8 Å². The normalized spacial score (nSPS) is 13.4. The molecular weight excluding hydrogens is 266 g/mol. The fourth-order valence-corrected chi connectivity index (χ4v) is 2.49. The molecule has 0 bridgehead atoms. The highest BCUT2D eigenvalue weighted by atomic mass is 16.2. The van der Waals surface area contributed by atoms with Crippen LogP contribution in [0.5, 0.6) is 0 Å². The first-order valence-corrected chi connectivity index (χ1v) is 6.86. The number of aromatic nitrogens is 1. The maximum Gasteiger partial charge on any atom is 0.316 e. The highest BCUT2D eigenvalue weighted by molar-refractivity contribution is 6.44. The number of para-hydroxylation sites is 1. The third-order valence-electron chi connectivity index (χ3n) is 3.47. The van der Waals surface area contributed by atoms with Gasteiger partial charge in [-0.3, -0.25) is 14.6 Å². The van der Waals surface area contributed by atoms with Crippen LogP contribution >= 0.6 is 0 Å². The summed E-state index contributed by atoms with van der Waals surface area (Å²) in [6.07, 6.45) is 4.92. The Morgan fingerprint density at radius 2 is 2.00 bits per heavy atom. The van der Waals surface area contributed by atoms with Crippen molar-refractivity contribution in [2.24, 2.45) is 0 Å². The number of nitrogens with one attached hydrogen (secondary N) is 1. The molecule has 21 heavy (non-hydrogen) atoms.